The van der Waals surface area contributed by atoms with Crippen molar-refractivity contribution in [3.05, 3.63) is 29.3 Å². The van der Waals surface area contributed by atoms with Crippen molar-refractivity contribution in [1.29, 1.82) is 0 Å². The van der Waals surface area contributed by atoms with Gasteiger partial charge in [0, 0.05) is 25.2 Å². The van der Waals surface area contributed by atoms with Crippen LogP contribution in [0.25, 0.3) is 0 Å². The normalized spacial score (nSPS) is 21.8. The van der Waals surface area contributed by atoms with Gasteiger partial charge in [0.15, 0.2) is 0 Å². The van der Waals surface area contributed by atoms with Gasteiger partial charge in [-0.15, -0.1) is 0 Å². The van der Waals surface area contributed by atoms with E-state index in [0.29, 0.717) is 0 Å². The molecule has 1 heterocycles. The Bertz CT molecular complexity index is 382. The standard InChI is InChI=1S/C14H19ClN2/c15-13-3-1-2-4-14(13)17-9-7-12(8-10-17)16-11-5-6-11/h1-4,11-12,16H,5-10H2. The highest BCUT2D eigenvalue weighted by Gasteiger charge is 2.27. The van der Waals surface area contributed by atoms with Crippen LogP contribution in [0.15, 0.2) is 24.3 Å². The molecule has 0 radical (unpaired) electrons. The number of rotatable bonds is 3. The molecule has 0 unspecified atom stereocenters. The van der Waals surface area contributed by atoms with Gasteiger partial charge in [0.25, 0.3) is 0 Å². The molecular weight excluding hydrogens is 232 g/mol. The van der Waals surface area contributed by atoms with Crippen molar-refractivity contribution in [3.63, 3.8) is 0 Å². The van der Waals surface area contributed by atoms with Gasteiger partial charge in [-0.2, -0.15) is 0 Å². The van der Waals surface area contributed by atoms with Gasteiger partial charge in [-0.3, -0.25) is 0 Å². The molecule has 0 amide bonds. The van der Waals surface area contributed by atoms with Crippen LogP contribution < -0.4 is 10.2 Å². The lowest BCUT2D eigenvalue weighted by Crippen LogP contribution is -2.43. The molecule has 1 saturated carbocycles. The first kappa shape index (κ1) is 11.4. The van der Waals surface area contributed by atoms with Crippen LogP contribution in [0.3, 0.4) is 0 Å². The van der Waals surface area contributed by atoms with Crippen molar-refractivity contribution in [2.75, 3.05) is 18.0 Å². The third-order valence-corrected chi connectivity index (χ3v) is 4.06. The van der Waals surface area contributed by atoms with Crippen LogP contribution in [0.4, 0.5) is 5.69 Å². The number of benzene rings is 1. The van der Waals surface area contributed by atoms with Crippen LogP contribution in [0.1, 0.15) is 25.7 Å². The number of para-hydroxylation sites is 1. The van der Waals surface area contributed by atoms with Gasteiger partial charge < -0.3 is 10.2 Å². The van der Waals surface area contributed by atoms with E-state index in [1.54, 1.807) is 0 Å². The first-order chi connectivity index (χ1) is 8.33. The highest BCUT2D eigenvalue weighted by molar-refractivity contribution is 6.33. The minimum absolute atomic E-state index is 0.723. The van der Waals surface area contributed by atoms with Gasteiger partial charge in [0.2, 0.25) is 0 Å². The molecule has 1 N–H and O–H groups in total. The minimum atomic E-state index is 0.723. The molecule has 92 valence electrons. The van der Waals surface area contributed by atoms with Gasteiger partial charge in [0.1, 0.15) is 0 Å². The number of hydrogen-bond donors (Lipinski definition) is 1. The number of anilines is 1. The van der Waals surface area contributed by atoms with Crippen LogP contribution >= 0.6 is 11.6 Å². The van der Waals surface area contributed by atoms with Crippen LogP contribution in [0.2, 0.25) is 5.02 Å². The molecule has 0 spiro atoms. The van der Waals surface area contributed by atoms with Crippen molar-refractivity contribution in [1.82, 2.24) is 5.32 Å². The predicted molar refractivity (Wildman–Crippen MR) is 72.8 cm³/mol. The molecule has 3 heteroatoms. The second kappa shape index (κ2) is 4.87. The van der Waals surface area contributed by atoms with Crippen LogP contribution in [-0.2, 0) is 0 Å². The van der Waals surface area contributed by atoms with E-state index >= 15 is 0 Å². The molecule has 0 atom stereocenters. The summed E-state index contributed by atoms with van der Waals surface area (Å²) in [6.45, 7) is 2.24. The van der Waals surface area contributed by atoms with Crippen LogP contribution in [0.5, 0.6) is 0 Å². The van der Waals surface area contributed by atoms with E-state index in [9.17, 15) is 0 Å². The Morgan fingerprint density at radius 2 is 1.65 bits per heavy atom. The second-order valence-corrected chi connectivity index (χ2v) is 5.56. The minimum Gasteiger partial charge on any atom is -0.370 e. The smallest absolute Gasteiger partial charge is 0.0639 e. The van der Waals surface area contributed by atoms with Crippen molar-refractivity contribution in [3.8, 4) is 0 Å². The van der Waals surface area contributed by atoms with E-state index in [1.807, 2.05) is 12.1 Å². The summed E-state index contributed by atoms with van der Waals surface area (Å²) in [5, 5.41) is 4.60. The summed E-state index contributed by atoms with van der Waals surface area (Å²) >= 11 is 6.23. The first-order valence-corrected chi connectivity index (χ1v) is 6.96. The molecule has 0 aromatic heterocycles. The predicted octanol–water partition coefficient (Wildman–Crippen LogP) is 3.06. The fraction of sp³-hybridized carbons (Fsp3) is 0.571. The van der Waals surface area contributed by atoms with E-state index < -0.39 is 0 Å². The van der Waals surface area contributed by atoms with Crippen molar-refractivity contribution in [2.45, 2.75) is 37.8 Å². The Morgan fingerprint density at radius 3 is 2.29 bits per heavy atom. The summed E-state index contributed by atoms with van der Waals surface area (Å²) in [5.41, 5.74) is 1.19. The topological polar surface area (TPSA) is 15.3 Å². The summed E-state index contributed by atoms with van der Waals surface area (Å²) < 4.78 is 0. The monoisotopic (exact) mass is 250 g/mol. The Kier molecular flexibility index (Phi) is 3.26. The van der Waals surface area contributed by atoms with Gasteiger partial charge in [-0.05, 0) is 37.8 Å². The summed E-state index contributed by atoms with van der Waals surface area (Å²) in [5.74, 6) is 0. The van der Waals surface area contributed by atoms with Gasteiger partial charge in [-0.25, -0.2) is 0 Å². The zero-order valence-electron chi connectivity index (χ0n) is 10.0. The number of nitrogens with zero attached hydrogens (tertiary/aromatic N) is 1. The van der Waals surface area contributed by atoms with Gasteiger partial charge >= 0.3 is 0 Å². The Balaban J connectivity index is 1.58. The first-order valence-electron chi connectivity index (χ1n) is 6.58. The Labute approximate surface area is 108 Å². The highest BCUT2D eigenvalue weighted by Crippen LogP contribution is 2.28. The quantitative estimate of drug-likeness (QED) is 0.887. The highest BCUT2D eigenvalue weighted by atomic mass is 35.5. The maximum atomic E-state index is 6.23. The van der Waals surface area contributed by atoms with E-state index in [4.69, 9.17) is 11.6 Å². The van der Waals surface area contributed by atoms with E-state index in [2.05, 4.69) is 22.3 Å². The summed E-state index contributed by atoms with van der Waals surface area (Å²) in [4.78, 5) is 2.41. The van der Waals surface area contributed by atoms with Crippen LogP contribution in [0, 0.1) is 0 Å². The SMILES string of the molecule is Clc1ccccc1N1CCC(NC2CC2)CC1. The lowest BCUT2D eigenvalue weighted by Gasteiger charge is -2.34. The zero-order chi connectivity index (χ0) is 11.7. The maximum Gasteiger partial charge on any atom is 0.0639 e. The van der Waals surface area contributed by atoms with E-state index in [1.165, 1.54) is 31.4 Å². The number of piperidine rings is 1. The third kappa shape index (κ3) is 2.75. The Hall–Kier alpha value is -0.730. The molecule has 1 aliphatic heterocycles. The maximum absolute atomic E-state index is 6.23. The molecule has 1 aromatic rings. The number of nitrogens with one attached hydrogen (secondary N) is 1. The van der Waals surface area contributed by atoms with Gasteiger partial charge in [-0.1, -0.05) is 23.7 Å². The average molecular weight is 251 g/mol. The molecule has 1 saturated heterocycles. The second-order valence-electron chi connectivity index (χ2n) is 5.15. The molecule has 1 aromatic carbocycles. The molecule has 0 bridgehead atoms. The lowest BCUT2D eigenvalue weighted by molar-refractivity contribution is 0.413. The van der Waals surface area contributed by atoms with E-state index in [0.717, 1.165) is 30.2 Å². The van der Waals surface area contributed by atoms with Crippen molar-refractivity contribution < 1.29 is 0 Å². The largest absolute Gasteiger partial charge is 0.370 e. The third-order valence-electron chi connectivity index (χ3n) is 3.74. The fourth-order valence-corrected chi connectivity index (χ4v) is 2.83. The summed E-state index contributed by atoms with van der Waals surface area (Å²) in [6, 6.07) is 9.71. The molecule has 1 aliphatic carbocycles. The molecule has 17 heavy (non-hydrogen) atoms. The summed E-state index contributed by atoms with van der Waals surface area (Å²) in [7, 11) is 0. The van der Waals surface area contributed by atoms with Crippen molar-refractivity contribution in [2.24, 2.45) is 0 Å². The zero-order valence-corrected chi connectivity index (χ0v) is 10.8. The van der Waals surface area contributed by atoms with E-state index in [-0.39, 0.29) is 0 Å². The lowest BCUT2D eigenvalue weighted by atomic mass is 10.0. The number of hydrogen-bond acceptors (Lipinski definition) is 2. The molecule has 2 aliphatic rings. The molecule has 2 fully saturated rings. The molecular formula is C14H19ClN2. The van der Waals surface area contributed by atoms with Gasteiger partial charge in [0.05, 0.1) is 10.7 Å². The number of halogens is 1. The average Bonchev–Trinajstić information content (AvgIpc) is 3.15. The Morgan fingerprint density at radius 1 is 1.00 bits per heavy atom. The van der Waals surface area contributed by atoms with Crippen molar-refractivity contribution >= 4 is 17.3 Å². The molecule has 3 rings (SSSR count). The fourth-order valence-electron chi connectivity index (χ4n) is 2.58. The molecule has 2 nitrogen and oxygen atoms in total. The summed E-state index contributed by atoms with van der Waals surface area (Å²) in [6.07, 6.45) is 5.24. The van der Waals surface area contributed by atoms with Crippen LogP contribution in [-0.4, -0.2) is 25.2 Å².